The molecular formula is C16H19ClFNO3. The van der Waals surface area contributed by atoms with Crippen molar-refractivity contribution in [3.63, 3.8) is 0 Å². The van der Waals surface area contributed by atoms with Crippen molar-refractivity contribution in [2.24, 2.45) is 0 Å². The van der Waals surface area contributed by atoms with Gasteiger partial charge in [0.2, 0.25) is 0 Å². The van der Waals surface area contributed by atoms with Crippen LogP contribution in [0, 0.1) is 5.82 Å². The van der Waals surface area contributed by atoms with Gasteiger partial charge in [0.05, 0.1) is 29.9 Å². The van der Waals surface area contributed by atoms with E-state index < -0.39 is 11.9 Å². The molecule has 0 fully saturated rings. The maximum Gasteiger partial charge on any atom is 0.251 e. The Bertz CT molecular complexity index is 589. The monoisotopic (exact) mass is 327 g/mol. The normalized spacial score (nSPS) is 16.2. The van der Waals surface area contributed by atoms with Crippen LogP contribution in [-0.4, -0.2) is 24.2 Å². The first-order valence-corrected chi connectivity index (χ1v) is 7.66. The third kappa shape index (κ3) is 3.78. The third-order valence-corrected chi connectivity index (χ3v) is 3.92. The molecule has 120 valence electrons. The van der Waals surface area contributed by atoms with Gasteiger partial charge in [-0.25, -0.2) is 4.39 Å². The fraction of sp³-hybridized carbons (Fsp3) is 0.438. The highest BCUT2D eigenvalue weighted by atomic mass is 35.5. The van der Waals surface area contributed by atoms with Crippen molar-refractivity contribution in [3.05, 3.63) is 45.9 Å². The Kier molecular flexibility index (Phi) is 5.80. The zero-order valence-corrected chi connectivity index (χ0v) is 13.1. The molecule has 0 aromatic heterocycles. The molecular weight excluding hydrogens is 309 g/mol. The quantitative estimate of drug-likeness (QED) is 0.873. The van der Waals surface area contributed by atoms with Crippen LogP contribution >= 0.6 is 11.6 Å². The number of amides is 1. The average molecular weight is 328 g/mol. The summed E-state index contributed by atoms with van der Waals surface area (Å²) in [5, 5.41) is 12.2. The van der Waals surface area contributed by atoms with E-state index in [1.165, 1.54) is 12.1 Å². The summed E-state index contributed by atoms with van der Waals surface area (Å²) in [7, 11) is 0. The van der Waals surface area contributed by atoms with E-state index in [0.29, 0.717) is 36.3 Å². The first kappa shape index (κ1) is 16.8. The van der Waals surface area contributed by atoms with Gasteiger partial charge in [-0.3, -0.25) is 4.79 Å². The lowest BCUT2D eigenvalue weighted by molar-refractivity contribution is -0.119. The predicted molar refractivity (Wildman–Crippen MR) is 81.9 cm³/mol. The largest absolute Gasteiger partial charge is 0.497 e. The van der Waals surface area contributed by atoms with Crippen LogP contribution in [0.15, 0.2) is 29.5 Å². The lowest BCUT2D eigenvalue weighted by Crippen LogP contribution is -2.33. The molecule has 1 aliphatic rings. The van der Waals surface area contributed by atoms with Crippen LogP contribution in [0.3, 0.4) is 0 Å². The second-order valence-electron chi connectivity index (χ2n) is 5.09. The second-order valence-corrected chi connectivity index (χ2v) is 5.50. The molecule has 0 unspecified atom stereocenters. The molecule has 2 N–H and O–H groups in total. The highest BCUT2D eigenvalue weighted by Crippen LogP contribution is 2.24. The summed E-state index contributed by atoms with van der Waals surface area (Å²) in [6.07, 6.45) is 2.07. The Labute approximate surface area is 133 Å². The molecule has 0 bridgehead atoms. The molecule has 1 heterocycles. The van der Waals surface area contributed by atoms with Crippen LogP contribution in [0.1, 0.15) is 37.8 Å². The molecule has 22 heavy (non-hydrogen) atoms. The lowest BCUT2D eigenvalue weighted by Gasteiger charge is -2.23. The minimum absolute atomic E-state index is 0.00317. The molecule has 0 spiro atoms. The number of hydrogen-bond donors (Lipinski definition) is 2. The van der Waals surface area contributed by atoms with E-state index in [2.05, 4.69) is 5.32 Å². The van der Waals surface area contributed by atoms with Gasteiger partial charge >= 0.3 is 0 Å². The number of halogens is 2. The summed E-state index contributed by atoms with van der Waals surface area (Å²) in [6.45, 7) is 2.21. The van der Waals surface area contributed by atoms with Crippen molar-refractivity contribution in [3.8, 4) is 0 Å². The molecule has 1 atom stereocenters. The number of rotatable bonds is 5. The summed E-state index contributed by atoms with van der Waals surface area (Å²) in [5.41, 5.74) is 1.06. The molecule has 0 radical (unpaired) electrons. The van der Waals surface area contributed by atoms with Crippen LogP contribution < -0.4 is 5.32 Å². The molecule has 1 amide bonds. The predicted octanol–water partition coefficient (Wildman–Crippen LogP) is 3.10. The summed E-state index contributed by atoms with van der Waals surface area (Å²) >= 11 is 5.65. The van der Waals surface area contributed by atoms with Crippen molar-refractivity contribution < 1.29 is 19.0 Å². The Balaban J connectivity index is 2.17. The SMILES string of the molecule is CCC1=C(C(=O)N[C@@H](CO)c2ccc(Cl)c(F)c2)CCCO1. The molecule has 1 aliphatic heterocycles. The van der Waals surface area contributed by atoms with Crippen molar-refractivity contribution in [1.82, 2.24) is 5.32 Å². The molecule has 1 aromatic carbocycles. The Morgan fingerprint density at radius 1 is 1.55 bits per heavy atom. The van der Waals surface area contributed by atoms with Crippen molar-refractivity contribution in [1.29, 1.82) is 0 Å². The Morgan fingerprint density at radius 3 is 2.95 bits per heavy atom. The van der Waals surface area contributed by atoms with E-state index in [0.717, 1.165) is 6.42 Å². The van der Waals surface area contributed by atoms with E-state index in [1.54, 1.807) is 6.07 Å². The highest BCUT2D eigenvalue weighted by Gasteiger charge is 2.22. The van der Waals surface area contributed by atoms with Gasteiger partial charge in [0.15, 0.2) is 0 Å². The molecule has 4 nitrogen and oxygen atoms in total. The van der Waals surface area contributed by atoms with Gasteiger partial charge in [0.1, 0.15) is 11.6 Å². The van der Waals surface area contributed by atoms with Gasteiger partial charge in [-0.1, -0.05) is 24.6 Å². The van der Waals surface area contributed by atoms with Crippen LogP contribution in [-0.2, 0) is 9.53 Å². The van der Waals surface area contributed by atoms with Crippen LogP contribution in [0.4, 0.5) is 4.39 Å². The first-order chi connectivity index (χ1) is 10.6. The van der Waals surface area contributed by atoms with E-state index in [1.807, 2.05) is 6.92 Å². The zero-order chi connectivity index (χ0) is 16.1. The number of hydrogen-bond acceptors (Lipinski definition) is 3. The molecule has 1 aromatic rings. The number of benzene rings is 1. The number of allylic oxidation sites excluding steroid dienone is 1. The zero-order valence-electron chi connectivity index (χ0n) is 12.4. The standard InChI is InChI=1S/C16H19ClFNO3/c1-2-15-11(4-3-7-22-15)16(21)19-14(9-20)10-5-6-12(17)13(18)8-10/h5-6,8,14,20H,2-4,7,9H2,1H3,(H,19,21)/t14-/m0/s1. The molecule has 6 heteroatoms. The number of aliphatic hydroxyl groups excluding tert-OH is 1. The maximum atomic E-state index is 13.5. The van der Waals surface area contributed by atoms with Crippen molar-refractivity contribution in [2.75, 3.05) is 13.2 Å². The lowest BCUT2D eigenvalue weighted by atomic mass is 10.0. The number of carbonyl (C=O) groups is 1. The fourth-order valence-electron chi connectivity index (χ4n) is 2.44. The van der Waals surface area contributed by atoms with Crippen LogP contribution in [0.25, 0.3) is 0 Å². The Hall–Kier alpha value is -1.59. The van der Waals surface area contributed by atoms with Gasteiger partial charge in [0.25, 0.3) is 5.91 Å². The third-order valence-electron chi connectivity index (χ3n) is 3.61. The number of nitrogens with one attached hydrogen (secondary N) is 1. The second kappa shape index (κ2) is 7.61. The van der Waals surface area contributed by atoms with E-state index in [4.69, 9.17) is 16.3 Å². The summed E-state index contributed by atoms with van der Waals surface area (Å²) in [4.78, 5) is 12.4. The average Bonchev–Trinajstić information content (AvgIpc) is 2.55. The smallest absolute Gasteiger partial charge is 0.251 e. The fourth-order valence-corrected chi connectivity index (χ4v) is 2.55. The summed E-state index contributed by atoms with van der Waals surface area (Å²) in [6, 6.07) is 3.52. The molecule has 0 aliphatic carbocycles. The van der Waals surface area contributed by atoms with E-state index in [-0.39, 0.29) is 17.5 Å². The number of carbonyl (C=O) groups excluding carboxylic acids is 1. The first-order valence-electron chi connectivity index (χ1n) is 7.28. The van der Waals surface area contributed by atoms with Crippen molar-refractivity contribution in [2.45, 2.75) is 32.2 Å². The number of aliphatic hydroxyl groups is 1. The minimum atomic E-state index is -0.688. The van der Waals surface area contributed by atoms with Crippen LogP contribution in [0.5, 0.6) is 0 Å². The van der Waals surface area contributed by atoms with Gasteiger partial charge in [-0.05, 0) is 30.5 Å². The minimum Gasteiger partial charge on any atom is -0.497 e. The van der Waals surface area contributed by atoms with Crippen LogP contribution in [0.2, 0.25) is 5.02 Å². The summed E-state index contributed by atoms with van der Waals surface area (Å²) in [5.74, 6) is -0.185. The van der Waals surface area contributed by atoms with E-state index >= 15 is 0 Å². The maximum absolute atomic E-state index is 13.5. The highest BCUT2D eigenvalue weighted by molar-refractivity contribution is 6.30. The van der Waals surface area contributed by atoms with Gasteiger partial charge < -0.3 is 15.2 Å². The summed E-state index contributed by atoms with van der Waals surface area (Å²) < 4.78 is 19.0. The number of ether oxygens (including phenoxy) is 1. The van der Waals surface area contributed by atoms with Gasteiger partial charge in [-0.2, -0.15) is 0 Å². The van der Waals surface area contributed by atoms with Gasteiger partial charge in [-0.15, -0.1) is 0 Å². The van der Waals surface area contributed by atoms with E-state index in [9.17, 15) is 14.3 Å². The molecule has 0 saturated heterocycles. The Morgan fingerprint density at radius 2 is 2.32 bits per heavy atom. The van der Waals surface area contributed by atoms with Crippen molar-refractivity contribution >= 4 is 17.5 Å². The topological polar surface area (TPSA) is 58.6 Å². The molecule has 2 rings (SSSR count). The molecule has 0 saturated carbocycles. The van der Waals surface area contributed by atoms with Gasteiger partial charge in [0, 0.05) is 6.42 Å².